The monoisotopic (exact) mass is 277 g/mol. The highest BCUT2D eigenvalue weighted by atomic mass is 16.2. The summed E-state index contributed by atoms with van der Waals surface area (Å²) in [5.74, 6) is 5.42. The number of hydrogen-bond acceptors (Lipinski definition) is 5. The fourth-order valence-corrected chi connectivity index (χ4v) is 2.67. The average molecular weight is 277 g/mol. The van der Waals surface area contributed by atoms with Gasteiger partial charge in [-0.1, -0.05) is 6.92 Å². The molecule has 1 amide bonds. The van der Waals surface area contributed by atoms with Crippen molar-refractivity contribution in [1.29, 1.82) is 0 Å². The van der Waals surface area contributed by atoms with Gasteiger partial charge in [-0.15, -0.1) is 0 Å². The first-order chi connectivity index (χ1) is 9.67. The smallest absolute Gasteiger partial charge is 0.257 e. The van der Waals surface area contributed by atoms with E-state index >= 15 is 0 Å². The van der Waals surface area contributed by atoms with Crippen molar-refractivity contribution >= 4 is 11.6 Å². The zero-order valence-electron chi connectivity index (χ0n) is 12.2. The van der Waals surface area contributed by atoms with Gasteiger partial charge in [-0.25, -0.2) is 0 Å². The molecule has 0 bridgehead atoms. The molecule has 0 spiro atoms. The number of likely N-dealkylation sites (tertiary alicyclic amines) is 1. The lowest BCUT2D eigenvalue weighted by Gasteiger charge is -2.36. The van der Waals surface area contributed by atoms with Crippen molar-refractivity contribution in [1.82, 2.24) is 14.8 Å². The molecule has 110 valence electrons. The lowest BCUT2D eigenvalue weighted by molar-refractivity contribution is 0.0647. The summed E-state index contributed by atoms with van der Waals surface area (Å²) in [5, 5.41) is 0. The van der Waals surface area contributed by atoms with Gasteiger partial charge in [0.25, 0.3) is 5.91 Å². The van der Waals surface area contributed by atoms with Crippen LogP contribution < -0.4 is 11.3 Å². The maximum Gasteiger partial charge on any atom is 0.257 e. The highest BCUT2D eigenvalue weighted by molar-refractivity contribution is 5.99. The lowest BCUT2D eigenvalue weighted by atomic mass is 10.0. The molecule has 0 radical (unpaired) electrons. The number of nitrogens with two attached hydrogens (primary N) is 1. The number of aromatic nitrogens is 1. The minimum absolute atomic E-state index is 0.0269. The van der Waals surface area contributed by atoms with Crippen LogP contribution in [-0.4, -0.2) is 53.4 Å². The Labute approximate surface area is 119 Å². The van der Waals surface area contributed by atoms with Gasteiger partial charge >= 0.3 is 0 Å². The molecule has 0 unspecified atom stereocenters. The van der Waals surface area contributed by atoms with Crippen molar-refractivity contribution in [2.45, 2.75) is 25.8 Å². The molecule has 1 saturated heterocycles. The van der Waals surface area contributed by atoms with Crippen molar-refractivity contribution in [3.05, 3.63) is 24.0 Å². The van der Waals surface area contributed by atoms with Crippen LogP contribution in [0.2, 0.25) is 0 Å². The Bertz CT molecular complexity index is 457. The fraction of sp³-hybridized carbons (Fsp3) is 0.571. The molecule has 1 aromatic rings. The Kier molecular flexibility index (Phi) is 4.92. The summed E-state index contributed by atoms with van der Waals surface area (Å²) in [6.45, 7) is 5.35. The quantitative estimate of drug-likeness (QED) is 0.632. The number of amides is 1. The van der Waals surface area contributed by atoms with E-state index < -0.39 is 0 Å². The van der Waals surface area contributed by atoms with E-state index in [9.17, 15) is 4.79 Å². The molecular formula is C14H23N5O. The molecule has 1 aliphatic heterocycles. The van der Waals surface area contributed by atoms with Gasteiger partial charge in [-0.05, 0) is 25.5 Å². The first-order valence-corrected chi connectivity index (χ1v) is 7.07. The van der Waals surface area contributed by atoms with Gasteiger partial charge in [-0.2, -0.15) is 0 Å². The van der Waals surface area contributed by atoms with Gasteiger partial charge in [0.1, 0.15) is 0 Å². The molecule has 6 heteroatoms. The number of rotatable bonds is 4. The molecule has 0 atom stereocenters. The summed E-state index contributed by atoms with van der Waals surface area (Å²) in [7, 11) is 1.86. The second kappa shape index (κ2) is 6.67. The number of hydrazine groups is 1. The topological polar surface area (TPSA) is 74.5 Å². The van der Waals surface area contributed by atoms with E-state index in [0.717, 1.165) is 32.5 Å². The molecule has 3 N–H and O–H groups in total. The Morgan fingerprint density at radius 2 is 2.25 bits per heavy atom. The van der Waals surface area contributed by atoms with Crippen LogP contribution in [0.3, 0.4) is 0 Å². The Balaban J connectivity index is 2.05. The van der Waals surface area contributed by atoms with Gasteiger partial charge < -0.3 is 15.2 Å². The summed E-state index contributed by atoms with van der Waals surface area (Å²) in [5.41, 5.74) is 3.69. The van der Waals surface area contributed by atoms with Gasteiger partial charge in [-0.3, -0.25) is 15.6 Å². The molecule has 20 heavy (non-hydrogen) atoms. The van der Waals surface area contributed by atoms with E-state index in [1.165, 1.54) is 0 Å². The number of anilines is 1. The molecule has 1 fully saturated rings. The fourth-order valence-electron chi connectivity index (χ4n) is 2.67. The summed E-state index contributed by atoms with van der Waals surface area (Å²) in [4.78, 5) is 20.8. The SMILES string of the molecule is CCN1CCC(N(C)C(=O)c2cnccc2NN)CC1. The van der Waals surface area contributed by atoms with Gasteiger partial charge in [0, 0.05) is 38.6 Å². The van der Waals surface area contributed by atoms with Gasteiger partial charge in [0.2, 0.25) is 0 Å². The van der Waals surface area contributed by atoms with Crippen LogP contribution >= 0.6 is 0 Å². The summed E-state index contributed by atoms with van der Waals surface area (Å²) < 4.78 is 0. The Hall–Kier alpha value is -1.66. The number of carbonyl (C=O) groups excluding carboxylic acids is 1. The van der Waals surface area contributed by atoms with Crippen LogP contribution in [-0.2, 0) is 0 Å². The third-order valence-corrected chi connectivity index (χ3v) is 4.08. The number of carbonyl (C=O) groups is 1. The molecule has 1 aliphatic rings. The van der Waals surface area contributed by atoms with Crippen LogP contribution in [0.4, 0.5) is 5.69 Å². The molecular weight excluding hydrogens is 254 g/mol. The highest BCUT2D eigenvalue weighted by Crippen LogP contribution is 2.20. The van der Waals surface area contributed by atoms with Crippen molar-refractivity contribution in [2.24, 2.45) is 5.84 Å². The van der Waals surface area contributed by atoms with E-state index in [0.29, 0.717) is 11.3 Å². The average Bonchev–Trinajstić information content (AvgIpc) is 2.53. The zero-order valence-corrected chi connectivity index (χ0v) is 12.2. The molecule has 1 aromatic heterocycles. The van der Waals surface area contributed by atoms with Crippen molar-refractivity contribution < 1.29 is 4.79 Å². The van der Waals surface area contributed by atoms with E-state index in [1.807, 2.05) is 11.9 Å². The molecule has 0 aromatic carbocycles. The van der Waals surface area contributed by atoms with E-state index in [1.54, 1.807) is 18.5 Å². The number of nitrogens with zero attached hydrogens (tertiary/aromatic N) is 3. The number of hydrogen-bond donors (Lipinski definition) is 2. The van der Waals surface area contributed by atoms with Crippen LogP contribution in [0.1, 0.15) is 30.1 Å². The number of nitrogen functional groups attached to an aromatic ring is 1. The summed E-state index contributed by atoms with van der Waals surface area (Å²) in [6, 6.07) is 2.00. The van der Waals surface area contributed by atoms with E-state index in [-0.39, 0.29) is 11.9 Å². The van der Waals surface area contributed by atoms with Crippen molar-refractivity contribution in [2.75, 3.05) is 32.1 Å². The molecule has 2 rings (SSSR count). The normalized spacial score (nSPS) is 16.9. The maximum absolute atomic E-state index is 12.6. The predicted octanol–water partition coefficient (Wildman–Crippen LogP) is 0.924. The Morgan fingerprint density at radius 1 is 1.55 bits per heavy atom. The summed E-state index contributed by atoms with van der Waals surface area (Å²) in [6.07, 6.45) is 5.21. The minimum Gasteiger partial charge on any atom is -0.339 e. The van der Waals surface area contributed by atoms with Crippen LogP contribution in [0.25, 0.3) is 0 Å². The van der Waals surface area contributed by atoms with Crippen LogP contribution in [0.15, 0.2) is 18.5 Å². The van der Waals surface area contributed by atoms with E-state index in [4.69, 9.17) is 5.84 Å². The largest absolute Gasteiger partial charge is 0.339 e. The Morgan fingerprint density at radius 3 is 2.85 bits per heavy atom. The molecule has 0 aliphatic carbocycles. The number of pyridine rings is 1. The van der Waals surface area contributed by atoms with Crippen LogP contribution in [0, 0.1) is 0 Å². The standard InChI is InChI=1S/C14H23N5O/c1-3-19-8-5-11(6-9-19)18(2)14(20)12-10-16-7-4-13(12)17-15/h4,7,10-11H,3,5-6,8-9,15H2,1-2H3,(H,16,17). The number of nitrogens with one attached hydrogen (secondary N) is 1. The first-order valence-electron chi connectivity index (χ1n) is 7.07. The maximum atomic E-state index is 12.6. The van der Waals surface area contributed by atoms with Crippen LogP contribution in [0.5, 0.6) is 0 Å². The second-order valence-corrected chi connectivity index (χ2v) is 5.15. The van der Waals surface area contributed by atoms with Gasteiger partial charge in [0.15, 0.2) is 0 Å². The highest BCUT2D eigenvalue weighted by Gasteiger charge is 2.26. The minimum atomic E-state index is -0.0269. The lowest BCUT2D eigenvalue weighted by Crippen LogP contribution is -2.45. The third-order valence-electron chi connectivity index (χ3n) is 4.08. The third kappa shape index (κ3) is 3.08. The van der Waals surface area contributed by atoms with Crippen molar-refractivity contribution in [3.8, 4) is 0 Å². The first kappa shape index (κ1) is 14.7. The molecule has 2 heterocycles. The molecule has 0 saturated carbocycles. The predicted molar refractivity (Wildman–Crippen MR) is 79.3 cm³/mol. The summed E-state index contributed by atoms with van der Waals surface area (Å²) >= 11 is 0. The van der Waals surface area contributed by atoms with Crippen molar-refractivity contribution in [3.63, 3.8) is 0 Å². The van der Waals surface area contributed by atoms with E-state index in [2.05, 4.69) is 22.2 Å². The second-order valence-electron chi connectivity index (χ2n) is 5.15. The zero-order chi connectivity index (χ0) is 14.5. The number of piperidine rings is 1. The van der Waals surface area contributed by atoms with Gasteiger partial charge in [0.05, 0.1) is 11.3 Å². The molecule has 6 nitrogen and oxygen atoms in total.